The summed E-state index contributed by atoms with van der Waals surface area (Å²) in [5.74, 6) is 0.495. The molecule has 0 bridgehead atoms. The summed E-state index contributed by atoms with van der Waals surface area (Å²) < 4.78 is 34.3. The summed E-state index contributed by atoms with van der Waals surface area (Å²) in [7, 11) is 0.513. The van der Waals surface area contributed by atoms with Gasteiger partial charge in [-0.25, -0.2) is 8.42 Å². The van der Waals surface area contributed by atoms with E-state index in [4.69, 9.17) is 10.7 Å². The van der Waals surface area contributed by atoms with Crippen LogP contribution < -0.4 is 5.32 Å². The van der Waals surface area contributed by atoms with E-state index in [0.29, 0.717) is 22.6 Å². The molecule has 1 amide bonds. The summed E-state index contributed by atoms with van der Waals surface area (Å²) in [6.45, 7) is 5.43. The predicted molar refractivity (Wildman–Crippen MR) is 84.8 cm³/mol. The molecule has 5 nitrogen and oxygen atoms in total. The van der Waals surface area contributed by atoms with Gasteiger partial charge in [0.25, 0.3) is 15.0 Å². The van der Waals surface area contributed by atoms with E-state index in [1.807, 2.05) is 0 Å². The van der Waals surface area contributed by atoms with Crippen molar-refractivity contribution < 1.29 is 17.4 Å². The molecule has 1 aromatic carbocycles. The van der Waals surface area contributed by atoms with Gasteiger partial charge in [0.2, 0.25) is 0 Å². The zero-order chi connectivity index (χ0) is 16.2. The van der Waals surface area contributed by atoms with Crippen LogP contribution in [0.3, 0.4) is 0 Å². The van der Waals surface area contributed by atoms with Gasteiger partial charge in [-0.15, -0.1) is 0 Å². The minimum atomic E-state index is -3.91. The maximum Gasteiger partial charge on any atom is 0.261 e. The largest absolute Gasteiger partial charge is 0.351 e. The van der Waals surface area contributed by atoms with Crippen LogP contribution in [0, 0.1) is 13.8 Å². The van der Waals surface area contributed by atoms with Gasteiger partial charge in [0, 0.05) is 45.1 Å². The van der Waals surface area contributed by atoms with E-state index in [0.717, 1.165) is 0 Å². The highest BCUT2D eigenvalue weighted by atomic mass is 35.7. The van der Waals surface area contributed by atoms with Crippen molar-refractivity contribution >= 4 is 36.4 Å². The number of hydrogen-bond acceptors (Lipinski definition) is 4. The molecule has 1 rings (SSSR count). The molecule has 0 aliphatic heterocycles. The first kappa shape index (κ1) is 18.1. The predicted octanol–water partition coefficient (Wildman–Crippen LogP) is 1.73. The Morgan fingerprint density at radius 2 is 1.95 bits per heavy atom. The zero-order valence-electron chi connectivity index (χ0n) is 12.1. The maximum absolute atomic E-state index is 12.0. The molecule has 0 radical (unpaired) electrons. The lowest BCUT2D eigenvalue weighted by Crippen LogP contribution is -2.28. The fourth-order valence-electron chi connectivity index (χ4n) is 1.74. The van der Waals surface area contributed by atoms with Crippen molar-refractivity contribution in [1.29, 1.82) is 0 Å². The number of carbonyl (C=O) groups is 1. The van der Waals surface area contributed by atoms with Crippen LogP contribution in [-0.2, 0) is 19.9 Å². The Labute approximate surface area is 132 Å². The van der Waals surface area contributed by atoms with E-state index in [9.17, 15) is 17.4 Å². The van der Waals surface area contributed by atoms with Gasteiger partial charge in [0.05, 0.1) is 4.90 Å². The molecule has 0 aromatic heterocycles. The molecule has 118 valence electrons. The summed E-state index contributed by atoms with van der Waals surface area (Å²) in [6, 6.07) is 2.86. The third-order valence-corrected chi connectivity index (χ3v) is 5.83. The van der Waals surface area contributed by atoms with Crippen molar-refractivity contribution in [1.82, 2.24) is 5.32 Å². The number of rotatable bonds is 6. The van der Waals surface area contributed by atoms with E-state index in [-0.39, 0.29) is 17.0 Å². The lowest BCUT2D eigenvalue weighted by Gasteiger charge is -2.10. The quantitative estimate of drug-likeness (QED) is 0.791. The zero-order valence-corrected chi connectivity index (χ0v) is 14.5. The van der Waals surface area contributed by atoms with Gasteiger partial charge in [-0.05, 0) is 37.1 Å². The molecule has 1 unspecified atom stereocenters. The van der Waals surface area contributed by atoms with Crippen LogP contribution in [0.15, 0.2) is 17.0 Å². The molecule has 0 saturated heterocycles. The van der Waals surface area contributed by atoms with Crippen molar-refractivity contribution in [2.24, 2.45) is 0 Å². The van der Waals surface area contributed by atoms with Crippen molar-refractivity contribution in [3.63, 3.8) is 0 Å². The Hall–Kier alpha value is -0.920. The molecule has 0 saturated carbocycles. The molecule has 0 heterocycles. The van der Waals surface area contributed by atoms with Crippen molar-refractivity contribution in [3.8, 4) is 0 Å². The number of halogens is 1. The van der Waals surface area contributed by atoms with Crippen LogP contribution in [0.2, 0.25) is 0 Å². The van der Waals surface area contributed by atoms with Gasteiger partial charge in [-0.3, -0.25) is 9.00 Å². The topological polar surface area (TPSA) is 80.3 Å². The fourth-order valence-corrected chi connectivity index (χ4v) is 3.63. The molecule has 1 aromatic rings. The number of hydrogen-bond donors (Lipinski definition) is 1. The van der Waals surface area contributed by atoms with Gasteiger partial charge in [0.15, 0.2) is 0 Å². The van der Waals surface area contributed by atoms with Gasteiger partial charge in [-0.1, -0.05) is 6.92 Å². The fraction of sp³-hybridized carbons (Fsp3) is 0.462. The van der Waals surface area contributed by atoms with E-state index in [1.54, 1.807) is 26.8 Å². The van der Waals surface area contributed by atoms with Gasteiger partial charge < -0.3 is 5.32 Å². The summed E-state index contributed by atoms with van der Waals surface area (Å²) in [5, 5.41) is 2.62. The summed E-state index contributed by atoms with van der Waals surface area (Å²) in [4.78, 5) is 11.9. The first-order chi connectivity index (χ1) is 9.66. The van der Waals surface area contributed by atoms with Crippen LogP contribution >= 0.6 is 10.7 Å². The smallest absolute Gasteiger partial charge is 0.261 e. The van der Waals surface area contributed by atoms with Gasteiger partial charge >= 0.3 is 0 Å². The normalized spacial score (nSPS) is 13.0. The molecular formula is C13H18ClNO4S2. The number of nitrogens with one attached hydrogen (secondary N) is 1. The summed E-state index contributed by atoms with van der Waals surface area (Å²) >= 11 is 0. The Bertz CT molecular complexity index is 671. The van der Waals surface area contributed by atoms with Crippen molar-refractivity contribution in [2.75, 3.05) is 18.1 Å². The molecule has 1 atom stereocenters. The third kappa shape index (κ3) is 5.09. The number of amides is 1. The number of benzene rings is 1. The average molecular weight is 352 g/mol. The minimum absolute atomic E-state index is 0.0635. The first-order valence-corrected chi connectivity index (χ1v) is 10.2. The molecule has 8 heteroatoms. The second-order valence-corrected chi connectivity index (χ2v) is 8.94. The lowest BCUT2D eigenvalue weighted by molar-refractivity contribution is 0.0956. The van der Waals surface area contributed by atoms with E-state index < -0.39 is 25.8 Å². The molecule has 0 aliphatic carbocycles. The van der Waals surface area contributed by atoms with Crippen molar-refractivity contribution in [3.05, 3.63) is 28.8 Å². The Morgan fingerprint density at radius 3 is 2.48 bits per heavy atom. The third-order valence-electron chi connectivity index (χ3n) is 3.08. The second kappa shape index (κ2) is 7.38. The average Bonchev–Trinajstić information content (AvgIpc) is 2.39. The number of aryl methyl sites for hydroxylation is 1. The molecular weight excluding hydrogens is 334 g/mol. The highest BCUT2D eigenvalue weighted by Crippen LogP contribution is 2.24. The van der Waals surface area contributed by atoms with Crippen LogP contribution in [0.25, 0.3) is 0 Å². The van der Waals surface area contributed by atoms with Crippen LogP contribution in [0.4, 0.5) is 0 Å². The highest BCUT2D eigenvalue weighted by Gasteiger charge is 2.18. The molecule has 1 N–H and O–H groups in total. The van der Waals surface area contributed by atoms with Crippen molar-refractivity contribution in [2.45, 2.75) is 25.7 Å². The Kier molecular flexibility index (Phi) is 6.37. The van der Waals surface area contributed by atoms with Gasteiger partial charge in [0.1, 0.15) is 0 Å². The molecule has 21 heavy (non-hydrogen) atoms. The monoisotopic (exact) mass is 351 g/mol. The molecule has 0 aliphatic rings. The Morgan fingerprint density at radius 1 is 1.33 bits per heavy atom. The number of carbonyl (C=O) groups excluding carboxylic acids is 1. The summed E-state index contributed by atoms with van der Waals surface area (Å²) in [6.07, 6.45) is 0. The molecule has 0 fully saturated rings. The molecule has 0 spiro atoms. The van der Waals surface area contributed by atoms with Crippen LogP contribution in [0.1, 0.15) is 28.4 Å². The van der Waals surface area contributed by atoms with E-state index >= 15 is 0 Å². The highest BCUT2D eigenvalue weighted by molar-refractivity contribution is 8.13. The standard InChI is InChI=1S/C13H18ClNO4S2/c1-4-20(17)6-5-15-13(16)11-7-9(2)10(3)12(8-11)21(14,18)19/h7-8H,4-6H2,1-3H3,(H,15,16). The minimum Gasteiger partial charge on any atom is -0.351 e. The lowest BCUT2D eigenvalue weighted by atomic mass is 10.1. The first-order valence-electron chi connectivity index (χ1n) is 6.36. The SMILES string of the molecule is CCS(=O)CCNC(=O)c1cc(C)c(C)c(S(=O)(=O)Cl)c1. The van der Waals surface area contributed by atoms with Gasteiger partial charge in [-0.2, -0.15) is 0 Å². The Balaban J connectivity index is 2.96. The van der Waals surface area contributed by atoms with Crippen LogP contribution in [-0.4, -0.2) is 36.6 Å². The van der Waals surface area contributed by atoms with E-state index in [2.05, 4.69) is 5.32 Å². The summed E-state index contributed by atoms with van der Waals surface area (Å²) in [5.41, 5.74) is 1.41. The van der Waals surface area contributed by atoms with E-state index in [1.165, 1.54) is 6.07 Å². The maximum atomic E-state index is 12.0. The van der Waals surface area contributed by atoms with Crippen LogP contribution in [0.5, 0.6) is 0 Å². The second-order valence-electron chi connectivity index (χ2n) is 4.54.